The number of rotatable bonds is 42. The molecule has 53 heavy (non-hydrogen) atoms. The van der Waals surface area contributed by atoms with Crippen molar-refractivity contribution in [3.05, 3.63) is 0 Å². The first-order valence-electron chi connectivity index (χ1n) is 23.4. The molecule has 6 heteroatoms. The molecule has 0 rings (SSSR count). The summed E-state index contributed by atoms with van der Waals surface area (Å²) < 4.78 is 16.7. The standard InChI is InChI=1S/C47H90O6/c1-5-8-10-12-14-16-17-18-19-20-21-22-24-26-31-35-39-46(49)52-42-44(41-51-45(48)38-34-30-25-23-15-13-11-9-6-2)53-47(50)40-36-32-28-27-29-33-37-43(4)7-3/h43-44H,5-42H2,1-4H3/t43?,44-/m1/s1. The molecule has 1 unspecified atom stereocenters. The van der Waals surface area contributed by atoms with Crippen LogP contribution in [0.5, 0.6) is 0 Å². The maximum Gasteiger partial charge on any atom is 0.306 e. The summed E-state index contributed by atoms with van der Waals surface area (Å²) in [6.07, 6.45) is 40.9. The molecule has 0 saturated heterocycles. The molecular formula is C47H90O6. The van der Waals surface area contributed by atoms with Crippen molar-refractivity contribution in [1.82, 2.24) is 0 Å². The summed E-state index contributed by atoms with van der Waals surface area (Å²) in [5.74, 6) is -0.0480. The molecule has 0 fully saturated rings. The lowest BCUT2D eigenvalue weighted by Crippen LogP contribution is -2.30. The van der Waals surface area contributed by atoms with Crippen molar-refractivity contribution in [2.45, 2.75) is 265 Å². The van der Waals surface area contributed by atoms with Crippen LogP contribution in [0.15, 0.2) is 0 Å². The summed E-state index contributed by atoms with van der Waals surface area (Å²) >= 11 is 0. The summed E-state index contributed by atoms with van der Waals surface area (Å²) in [7, 11) is 0. The molecule has 0 heterocycles. The lowest BCUT2D eigenvalue weighted by Gasteiger charge is -2.18. The van der Waals surface area contributed by atoms with E-state index >= 15 is 0 Å². The number of hydrogen-bond donors (Lipinski definition) is 0. The van der Waals surface area contributed by atoms with Gasteiger partial charge < -0.3 is 14.2 Å². The minimum atomic E-state index is -0.759. The first-order valence-corrected chi connectivity index (χ1v) is 23.4. The highest BCUT2D eigenvalue weighted by molar-refractivity contribution is 5.71. The minimum Gasteiger partial charge on any atom is -0.462 e. The molecule has 0 aromatic carbocycles. The van der Waals surface area contributed by atoms with Gasteiger partial charge in [0, 0.05) is 19.3 Å². The minimum absolute atomic E-state index is 0.0646. The van der Waals surface area contributed by atoms with Gasteiger partial charge in [-0.1, -0.05) is 220 Å². The zero-order valence-corrected chi connectivity index (χ0v) is 36.0. The van der Waals surface area contributed by atoms with Gasteiger partial charge in [0.2, 0.25) is 0 Å². The van der Waals surface area contributed by atoms with Crippen LogP contribution < -0.4 is 0 Å². The summed E-state index contributed by atoms with van der Waals surface area (Å²) in [4.78, 5) is 37.7. The zero-order valence-electron chi connectivity index (χ0n) is 36.0. The summed E-state index contributed by atoms with van der Waals surface area (Å²) in [5.41, 5.74) is 0. The molecule has 0 saturated carbocycles. The van der Waals surface area contributed by atoms with E-state index in [1.54, 1.807) is 0 Å². The van der Waals surface area contributed by atoms with Crippen molar-refractivity contribution in [1.29, 1.82) is 0 Å². The third kappa shape index (κ3) is 39.9. The van der Waals surface area contributed by atoms with E-state index in [4.69, 9.17) is 14.2 Å². The second-order valence-corrected chi connectivity index (χ2v) is 16.3. The van der Waals surface area contributed by atoms with Crippen LogP contribution in [-0.4, -0.2) is 37.2 Å². The van der Waals surface area contributed by atoms with Gasteiger partial charge in [-0.25, -0.2) is 0 Å². The van der Waals surface area contributed by atoms with Gasteiger partial charge in [-0.2, -0.15) is 0 Å². The van der Waals surface area contributed by atoms with E-state index in [2.05, 4.69) is 27.7 Å². The van der Waals surface area contributed by atoms with Crippen LogP contribution in [0.2, 0.25) is 0 Å². The Kier molecular flexibility index (Phi) is 40.3. The number of unbranched alkanes of at least 4 members (excludes halogenated alkanes) is 28. The quantitative estimate of drug-likeness (QED) is 0.0351. The first-order chi connectivity index (χ1) is 25.9. The highest BCUT2D eigenvalue weighted by atomic mass is 16.6. The Morgan fingerprint density at radius 3 is 0.981 bits per heavy atom. The Balaban J connectivity index is 4.26. The number of carbonyl (C=O) groups excluding carboxylic acids is 3. The first kappa shape index (κ1) is 51.4. The highest BCUT2D eigenvalue weighted by Gasteiger charge is 2.19. The van der Waals surface area contributed by atoms with Gasteiger partial charge in [0.1, 0.15) is 13.2 Å². The Morgan fingerprint density at radius 2 is 0.660 bits per heavy atom. The van der Waals surface area contributed by atoms with Crippen LogP contribution in [0.25, 0.3) is 0 Å². The summed E-state index contributed by atoms with van der Waals surface area (Å²) in [6.45, 7) is 8.96. The number of ether oxygens (including phenoxy) is 3. The largest absolute Gasteiger partial charge is 0.462 e. The molecule has 0 amide bonds. The predicted octanol–water partition coefficient (Wildman–Crippen LogP) is 14.7. The summed E-state index contributed by atoms with van der Waals surface area (Å²) in [6, 6.07) is 0. The Labute approximate surface area is 329 Å². The van der Waals surface area contributed by atoms with Crippen molar-refractivity contribution >= 4 is 17.9 Å². The van der Waals surface area contributed by atoms with E-state index in [9.17, 15) is 14.4 Å². The third-order valence-corrected chi connectivity index (χ3v) is 10.9. The van der Waals surface area contributed by atoms with Crippen molar-refractivity contribution < 1.29 is 28.6 Å². The molecule has 314 valence electrons. The molecule has 0 spiro atoms. The van der Waals surface area contributed by atoms with E-state index in [1.165, 1.54) is 154 Å². The lowest BCUT2D eigenvalue weighted by atomic mass is 10.00. The highest BCUT2D eigenvalue weighted by Crippen LogP contribution is 2.17. The fourth-order valence-corrected chi connectivity index (χ4v) is 6.95. The van der Waals surface area contributed by atoms with Crippen LogP contribution in [0.4, 0.5) is 0 Å². The van der Waals surface area contributed by atoms with E-state index in [0.29, 0.717) is 19.3 Å². The average molecular weight is 751 g/mol. The Hall–Kier alpha value is -1.59. The van der Waals surface area contributed by atoms with Crippen LogP contribution in [0, 0.1) is 5.92 Å². The molecule has 0 aromatic heterocycles. The van der Waals surface area contributed by atoms with Crippen molar-refractivity contribution in [2.75, 3.05) is 13.2 Å². The maximum absolute atomic E-state index is 12.7. The van der Waals surface area contributed by atoms with Gasteiger partial charge in [0.15, 0.2) is 6.10 Å². The third-order valence-electron chi connectivity index (χ3n) is 10.9. The molecule has 6 nitrogen and oxygen atoms in total. The molecule has 0 radical (unpaired) electrons. The lowest BCUT2D eigenvalue weighted by molar-refractivity contribution is -0.167. The second-order valence-electron chi connectivity index (χ2n) is 16.3. The van der Waals surface area contributed by atoms with Crippen LogP contribution in [-0.2, 0) is 28.6 Å². The molecule has 0 aliphatic carbocycles. The monoisotopic (exact) mass is 751 g/mol. The SMILES string of the molecule is CCCCCCCCCCCCCCCCCCC(=O)OC[C@@H](COC(=O)CCCCCCCCCCC)OC(=O)CCCCCCCCC(C)CC. The molecule has 0 aliphatic heterocycles. The molecule has 0 aromatic rings. The van der Waals surface area contributed by atoms with Gasteiger partial charge >= 0.3 is 17.9 Å². The number of hydrogen-bond acceptors (Lipinski definition) is 6. The van der Waals surface area contributed by atoms with E-state index < -0.39 is 6.10 Å². The van der Waals surface area contributed by atoms with E-state index in [1.807, 2.05) is 0 Å². The number of carbonyl (C=O) groups is 3. The average Bonchev–Trinajstić information content (AvgIpc) is 3.15. The van der Waals surface area contributed by atoms with Gasteiger partial charge in [0.25, 0.3) is 0 Å². The molecular weight excluding hydrogens is 661 g/mol. The normalized spacial score (nSPS) is 12.5. The van der Waals surface area contributed by atoms with Gasteiger partial charge in [0.05, 0.1) is 0 Å². The van der Waals surface area contributed by atoms with Crippen LogP contribution in [0.1, 0.15) is 259 Å². The van der Waals surface area contributed by atoms with Gasteiger partial charge in [-0.05, 0) is 25.2 Å². The predicted molar refractivity (Wildman–Crippen MR) is 224 cm³/mol. The molecule has 0 aliphatic rings. The van der Waals surface area contributed by atoms with Crippen molar-refractivity contribution in [3.63, 3.8) is 0 Å². The van der Waals surface area contributed by atoms with Crippen LogP contribution >= 0.6 is 0 Å². The van der Waals surface area contributed by atoms with Crippen molar-refractivity contribution in [2.24, 2.45) is 5.92 Å². The maximum atomic E-state index is 12.7. The van der Waals surface area contributed by atoms with Gasteiger partial charge in [-0.3, -0.25) is 14.4 Å². The van der Waals surface area contributed by atoms with Crippen LogP contribution in [0.3, 0.4) is 0 Å². The smallest absolute Gasteiger partial charge is 0.306 e. The van der Waals surface area contributed by atoms with E-state index in [0.717, 1.165) is 63.7 Å². The topological polar surface area (TPSA) is 78.9 Å². The summed E-state index contributed by atoms with van der Waals surface area (Å²) in [5, 5.41) is 0. The molecule has 0 bridgehead atoms. The Bertz CT molecular complexity index is 798. The second kappa shape index (κ2) is 41.6. The molecule has 0 N–H and O–H groups in total. The fourth-order valence-electron chi connectivity index (χ4n) is 6.95. The fraction of sp³-hybridized carbons (Fsp3) is 0.936. The zero-order chi connectivity index (χ0) is 38.9. The van der Waals surface area contributed by atoms with E-state index in [-0.39, 0.29) is 31.1 Å². The number of esters is 3. The Morgan fingerprint density at radius 1 is 0.377 bits per heavy atom. The molecule has 2 atom stereocenters. The van der Waals surface area contributed by atoms with Crippen molar-refractivity contribution in [3.8, 4) is 0 Å². The van der Waals surface area contributed by atoms with Gasteiger partial charge in [-0.15, -0.1) is 0 Å².